The molecule has 1 N–H and O–H groups in total. The molecular formula is C15H20N2O3. The predicted molar refractivity (Wildman–Crippen MR) is 75.0 cm³/mol. The number of amides is 2. The van der Waals surface area contributed by atoms with Gasteiger partial charge in [0.15, 0.2) is 0 Å². The fourth-order valence-corrected chi connectivity index (χ4v) is 1.86. The van der Waals surface area contributed by atoms with Crippen LogP contribution in [-0.4, -0.2) is 36.1 Å². The lowest BCUT2D eigenvalue weighted by atomic mass is 10.2. The van der Waals surface area contributed by atoms with E-state index in [-0.39, 0.29) is 24.6 Å². The van der Waals surface area contributed by atoms with Crippen LogP contribution in [0.2, 0.25) is 0 Å². The number of nitrogens with zero attached hydrogens (tertiary/aromatic N) is 1. The van der Waals surface area contributed by atoms with Crippen molar-refractivity contribution in [1.82, 2.24) is 10.2 Å². The molecule has 0 heterocycles. The van der Waals surface area contributed by atoms with E-state index in [1.54, 1.807) is 6.92 Å². The quantitative estimate of drug-likeness (QED) is 0.808. The zero-order chi connectivity index (χ0) is 14.4. The van der Waals surface area contributed by atoms with Crippen molar-refractivity contribution in [3.63, 3.8) is 0 Å². The summed E-state index contributed by atoms with van der Waals surface area (Å²) in [5.41, 5.74) is 0.989. The van der Waals surface area contributed by atoms with Gasteiger partial charge in [0.05, 0.1) is 6.61 Å². The topological polar surface area (TPSA) is 58.6 Å². The maximum absolute atomic E-state index is 12.1. The smallest absolute Gasteiger partial charge is 0.325 e. The van der Waals surface area contributed by atoms with Crippen LogP contribution in [0.4, 0.5) is 4.79 Å². The van der Waals surface area contributed by atoms with Crippen molar-refractivity contribution in [2.24, 2.45) is 0 Å². The first-order valence-electron chi connectivity index (χ1n) is 6.94. The van der Waals surface area contributed by atoms with Crippen LogP contribution >= 0.6 is 0 Å². The number of nitrogens with one attached hydrogen (secondary N) is 1. The number of rotatable bonds is 6. The summed E-state index contributed by atoms with van der Waals surface area (Å²) in [7, 11) is 0. The summed E-state index contributed by atoms with van der Waals surface area (Å²) in [5, 5.41) is 2.90. The van der Waals surface area contributed by atoms with E-state index in [1.165, 1.54) is 4.90 Å². The molecule has 0 unspecified atom stereocenters. The molecule has 0 bridgehead atoms. The second kappa shape index (κ2) is 6.93. The lowest BCUT2D eigenvalue weighted by Gasteiger charge is -2.22. The van der Waals surface area contributed by atoms with E-state index in [4.69, 9.17) is 4.74 Å². The first kappa shape index (κ1) is 14.4. The monoisotopic (exact) mass is 276 g/mol. The zero-order valence-electron chi connectivity index (χ0n) is 11.7. The molecule has 2 rings (SSSR count). The van der Waals surface area contributed by atoms with Crippen LogP contribution in [-0.2, 0) is 16.1 Å². The molecule has 1 aliphatic rings. The molecule has 1 aromatic carbocycles. The Morgan fingerprint density at radius 2 is 2.00 bits per heavy atom. The first-order chi connectivity index (χ1) is 9.69. The van der Waals surface area contributed by atoms with Gasteiger partial charge in [0.1, 0.15) is 6.54 Å². The number of carbonyl (C=O) groups is 2. The summed E-state index contributed by atoms with van der Waals surface area (Å²) in [6.45, 7) is 2.45. The van der Waals surface area contributed by atoms with Crippen LogP contribution in [0.15, 0.2) is 30.3 Å². The highest BCUT2D eigenvalue weighted by atomic mass is 16.5. The van der Waals surface area contributed by atoms with Crippen LogP contribution in [0, 0.1) is 0 Å². The standard InChI is InChI=1S/C15H20N2O3/c1-2-20-14(18)11-17(15(19)16-13-8-9-13)10-12-6-4-3-5-7-12/h3-7,13H,2,8-11H2,1H3,(H,16,19). The van der Waals surface area contributed by atoms with Crippen LogP contribution in [0.5, 0.6) is 0 Å². The minimum Gasteiger partial charge on any atom is -0.465 e. The van der Waals surface area contributed by atoms with Crippen molar-refractivity contribution < 1.29 is 14.3 Å². The molecule has 2 amide bonds. The number of benzene rings is 1. The molecule has 1 saturated carbocycles. The number of hydrogen-bond donors (Lipinski definition) is 1. The molecule has 0 atom stereocenters. The van der Waals surface area contributed by atoms with Crippen molar-refractivity contribution in [2.75, 3.05) is 13.2 Å². The van der Waals surface area contributed by atoms with Gasteiger partial charge >= 0.3 is 12.0 Å². The van der Waals surface area contributed by atoms with Gasteiger partial charge < -0.3 is 15.0 Å². The number of ether oxygens (including phenoxy) is 1. The fourth-order valence-electron chi connectivity index (χ4n) is 1.86. The number of urea groups is 1. The predicted octanol–water partition coefficient (Wildman–Crippen LogP) is 1.92. The van der Waals surface area contributed by atoms with Gasteiger partial charge in [0, 0.05) is 12.6 Å². The highest BCUT2D eigenvalue weighted by Gasteiger charge is 2.27. The molecule has 0 aliphatic heterocycles. The second-order valence-corrected chi connectivity index (χ2v) is 4.87. The fraction of sp³-hybridized carbons (Fsp3) is 0.467. The molecule has 1 fully saturated rings. The third-order valence-corrected chi connectivity index (χ3v) is 3.03. The third-order valence-electron chi connectivity index (χ3n) is 3.03. The summed E-state index contributed by atoms with van der Waals surface area (Å²) >= 11 is 0. The molecular weight excluding hydrogens is 256 g/mol. The van der Waals surface area contributed by atoms with Crippen molar-refractivity contribution in [3.8, 4) is 0 Å². The van der Waals surface area contributed by atoms with Crippen molar-refractivity contribution >= 4 is 12.0 Å². The van der Waals surface area contributed by atoms with Gasteiger partial charge in [-0.1, -0.05) is 30.3 Å². The van der Waals surface area contributed by atoms with E-state index >= 15 is 0 Å². The van der Waals surface area contributed by atoms with Gasteiger partial charge in [-0.25, -0.2) is 4.79 Å². The third kappa shape index (κ3) is 4.57. The Bertz CT molecular complexity index is 457. The Balaban J connectivity index is 1.98. The van der Waals surface area contributed by atoms with Crippen LogP contribution in [0.3, 0.4) is 0 Å². The van der Waals surface area contributed by atoms with Gasteiger partial charge in [0.2, 0.25) is 0 Å². The minimum atomic E-state index is -0.380. The van der Waals surface area contributed by atoms with Crippen LogP contribution in [0.25, 0.3) is 0 Å². The van der Waals surface area contributed by atoms with Crippen LogP contribution < -0.4 is 5.32 Å². The Labute approximate surface area is 118 Å². The first-order valence-corrected chi connectivity index (χ1v) is 6.94. The molecule has 0 radical (unpaired) electrons. The zero-order valence-corrected chi connectivity index (χ0v) is 11.7. The molecule has 5 nitrogen and oxygen atoms in total. The summed E-state index contributed by atoms with van der Waals surface area (Å²) in [4.78, 5) is 25.2. The number of esters is 1. The van der Waals surface area contributed by atoms with Gasteiger partial charge in [-0.2, -0.15) is 0 Å². The van der Waals surface area contributed by atoms with E-state index in [0.29, 0.717) is 13.2 Å². The van der Waals surface area contributed by atoms with E-state index in [9.17, 15) is 9.59 Å². The van der Waals surface area contributed by atoms with E-state index in [1.807, 2.05) is 30.3 Å². The summed E-state index contributed by atoms with van der Waals surface area (Å²) in [6.07, 6.45) is 2.04. The summed E-state index contributed by atoms with van der Waals surface area (Å²) in [6, 6.07) is 9.68. The van der Waals surface area contributed by atoms with Gasteiger partial charge in [-0.3, -0.25) is 4.79 Å². The molecule has 5 heteroatoms. The van der Waals surface area contributed by atoms with E-state index in [0.717, 1.165) is 18.4 Å². The normalized spacial score (nSPS) is 13.7. The largest absolute Gasteiger partial charge is 0.465 e. The summed E-state index contributed by atoms with van der Waals surface area (Å²) in [5.74, 6) is -0.380. The number of hydrogen-bond acceptors (Lipinski definition) is 3. The molecule has 108 valence electrons. The Hall–Kier alpha value is -2.04. The van der Waals surface area contributed by atoms with Crippen molar-refractivity contribution in [1.29, 1.82) is 0 Å². The average Bonchev–Trinajstić information content (AvgIpc) is 3.23. The lowest BCUT2D eigenvalue weighted by molar-refractivity contribution is -0.143. The maximum atomic E-state index is 12.1. The van der Waals surface area contributed by atoms with E-state index in [2.05, 4.69) is 5.32 Å². The molecule has 20 heavy (non-hydrogen) atoms. The molecule has 0 aromatic heterocycles. The SMILES string of the molecule is CCOC(=O)CN(Cc1ccccc1)C(=O)NC1CC1. The van der Waals surface area contributed by atoms with E-state index < -0.39 is 0 Å². The second-order valence-electron chi connectivity index (χ2n) is 4.87. The van der Waals surface area contributed by atoms with Gasteiger partial charge in [-0.05, 0) is 25.3 Å². The number of carbonyl (C=O) groups excluding carboxylic acids is 2. The average molecular weight is 276 g/mol. The Morgan fingerprint density at radius 3 is 2.60 bits per heavy atom. The summed E-state index contributed by atoms with van der Waals surface area (Å²) < 4.78 is 4.92. The van der Waals surface area contributed by atoms with Crippen LogP contribution in [0.1, 0.15) is 25.3 Å². The maximum Gasteiger partial charge on any atom is 0.325 e. The molecule has 0 spiro atoms. The lowest BCUT2D eigenvalue weighted by Crippen LogP contribution is -2.43. The van der Waals surface area contributed by atoms with Gasteiger partial charge in [0.25, 0.3) is 0 Å². The molecule has 1 aromatic rings. The minimum absolute atomic E-state index is 0.0265. The Kier molecular flexibility index (Phi) is 4.98. The highest BCUT2D eigenvalue weighted by molar-refractivity contribution is 5.81. The molecule has 0 saturated heterocycles. The Morgan fingerprint density at radius 1 is 1.30 bits per heavy atom. The van der Waals surface area contributed by atoms with Crippen molar-refractivity contribution in [2.45, 2.75) is 32.4 Å². The van der Waals surface area contributed by atoms with Crippen molar-refractivity contribution in [3.05, 3.63) is 35.9 Å². The van der Waals surface area contributed by atoms with Gasteiger partial charge in [-0.15, -0.1) is 0 Å². The molecule has 1 aliphatic carbocycles. The highest BCUT2D eigenvalue weighted by Crippen LogP contribution is 2.19.